The molecule has 0 rings (SSSR count). The largest absolute Gasteiger partial charge is 0.369 e. The Labute approximate surface area is 55.1 Å². The van der Waals surface area contributed by atoms with Gasteiger partial charge in [0.15, 0.2) is 0 Å². The standard InChI is InChI=1S/C7H11NO/c1-3-4-6(2)5-7(8)9/h3-4H,1,5H2,2H3,(H2,8,9)/b6-4+. The molecule has 0 unspecified atom stereocenters. The van der Waals surface area contributed by atoms with Crippen LogP contribution in [0.1, 0.15) is 13.3 Å². The predicted octanol–water partition coefficient (Wildman–Crippen LogP) is 0.994. The Hall–Kier alpha value is -1.05. The summed E-state index contributed by atoms with van der Waals surface area (Å²) < 4.78 is 0. The van der Waals surface area contributed by atoms with Gasteiger partial charge in [-0.25, -0.2) is 0 Å². The minimum atomic E-state index is -0.300. The number of hydrogen-bond acceptors (Lipinski definition) is 1. The van der Waals surface area contributed by atoms with Gasteiger partial charge < -0.3 is 5.73 Å². The van der Waals surface area contributed by atoms with Crippen LogP contribution in [0, 0.1) is 0 Å². The smallest absolute Gasteiger partial charge is 0.221 e. The van der Waals surface area contributed by atoms with E-state index in [1.54, 1.807) is 12.2 Å². The summed E-state index contributed by atoms with van der Waals surface area (Å²) in [4.78, 5) is 10.2. The molecule has 0 fully saturated rings. The maximum atomic E-state index is 10.2. The van der Waals surface area contributed by atoms with E-state index in [2.05, 4.69) is 6.58 Å². The maximum absolute atomic E-state index is 10.2. The molecule has 0 atom stereocenters. The fraction of sp³-hybridized carbons (Fsp3) is 0.286. The Kier molecular flexibility index (Phi) is 3.44. The Balaban J connectivity index is 3.75. The van der Waals surface area contributed by atoms with Crippen LogP contribution in [0.15, 0.2) is 24.3 Å². The third-order valence-corrected chi connectivity index (χ3v) is 0.855. The number of carbonyl (C=O) groups excluding carboxylic acids is 1. The fourth-order valence-corrected chi connectivity index (χ4v) is 0.535. The van der Waals surface area contributed by atoms with Crippen molar-refractivity contribution in [2.45, 2.75) is 13.3 Å². The summed E-state index contributed by atoms with van der Waals surface area (Å²) in [5.41, 5.74) is 5.85. The predicted molar refractivity (Wildman–Crippen MR) is 37.8 cm³/mol. The van der Waals surface area contributed by atoms with Gasteiger partial charge in [0.25, 0.3) is 0 Å². The van der Waals surface area contributed by atoms with Crippen LogP contribution in [0.25, 0.3) is 0 Å². The number of rotatable bonds is 3. The number of hydrogen-bond donors (Lipinski definition) is 1. The van der Waals surface area contributed by atoms with Crippen molar-refractivity contribution < 1.29 is 4.79 Å². The van der Waals surface area contributed by atoms with Crippen molar-refractivity contribution in [3.05, 3.63) is 24.3 Å². The van der Waals surface area contributed by atoms with Crippen LogP contribution in [0.2, 0.25) is 0 Å². The molecule has 2 heteroatoms. The molecule has 0 heterocycles. The van der Waals surface area contributed by atoms with E-state index < -0.39 is 0 Å². The van der Waals surface area contributed by atoms with Crippen LogP contribution in [0.4, 0.5) is 0 Å². The second kappa shape index (κ2) is 3.89. The Morgan fingerprint density at radius 3 is 2.67 bits per heavy atom. The summed E-state index contributed by atoms with van der Waals surface area (Å²) in [5.74, 6) is -0.300. The van der Waals surface area contributed by atoms with E-state index in [4.69, 9.17) is 5.73 Å². The van der Waals surface area contributed by atoms with Gasteiger partial charge in [-0.2, -0.15) is 0 Å². The van der Waals surface area contributed by atoms with Crippen LogP contribution < -0.4 is 5.73 Å². The van der Waals surface area contributed by atoms with Gasteiger partial charge in [-0.1, -0.05) is 24.3 Å². The van der Waals surface area contributed by atoms with Crippen molar-refractivity contribution in [1.29, 1.82) is 0 Å². The molecule has 2 N–H and O–H groups in total. The lowest BCUT2D eigenvalue weighted by atomic mass is 10.2. The molecule has 0 aromatic rings. The van der Waals surface area contributed by atoms with E-state index in [0.29, 0.717) is 6.42 Å². The Morgan fingerprint density at radius 2 is 2.33 bits per heavy atom. The zero-order valence-corrected chi connectivity index (χ0v) is 5.55. The summed E-state index contributed by atoms with van der Waals surface area (Å²) >= 11 is 0. The molecule has 0 radical (unpaired) electrons. The lowest BCUT2D eigenvalue weighted by Crippen LogP contribution is -2.09. The SMILES string of the molecule is C=C/C=C(\C)CC(N)=O. The quantitative estimate of drug-likeness (QED) is 0.562. The van der Waals surface area contributed by atoms with E-state index in [0.717, 1.165) is 5.57 Å². The minimum absolute atomic E-state index is 0.300. The van der Waals surface area contributed by atoms with Gasteiger partial charge in [-0.15, -0.1) is 0 Å². The number of primary amides is 1. The minimum Gasteiger partial charge on any atom is -0.369 e. The highest BCUT2D eigenvalue weighted by Crippen LogP contribution is 1.96. The molecule has 0 saturated carbocycles. The first kappa shape index (κ1) is 7.95. The Morgan fingerprint density at radius 1 is 1.78 bits per heavy atom. The molecule has 0 bridgehead atoms. The molecule has 9 heavy (non-hydrogen) atoms. The number of amides is 1. The van der Waals surface area contributed by atoms with Crippen LogP contribution >= 0.6 is 0 Å². The van der Waals surface area contributed by atoms with E-state index in [1.807, 2.05) is 6.92 Å². The Bertz CT molecular complexity index is 147. The molecule has 0 spiro atoms. The van der Waals surface area contributed by atoms with Gasteiger partial charge >= 0.3 is 0 Å². The summed E-state index contributed by atoms with van der Waals surface area (Å²) in [5, 5.41) is 0. The lowest BCUT2D eigenvalue weighted by molar-refractivity contribution is -0.117. The zero-order chi connectivity index (χ0) is 7.28. The normalized spacial score (nSPS) is 11.0. The van der Waals surface area contributed by atoms with Gasteiger partial charge in [-0.05, 0) is 6.92 Å². The van der Waals surface area contributed by atoms with Gasteiger partial charge in [0.1, 0.15) is 0 Å². The van der Waals surface area contributed by atoms with Gasteiger partial charge in [0.2, 0.25) is 5.91 Å². The zero-order valence-electron chi connectivity index (χ0n) is 5.55. The van der Waals surface area contributed by atoms with Crippen molar-refractivity contribution in [3.63, 3.8) is 0 Å². The molecule has 0 aliphatic rings. The molecule has 0 saturated heterocycles. The molecule has 0 aliphatic carbocycles. The number of nitrogens with two attached hydrogens (primary N) is 1. The lowest BCUT2D eigenvalue weighted by Gasteiger charge is -1.91. The van der Waals surface area contributed by atoms with Gasteiger partial charge in [0.05, 0.1) is 0 Å². The van der Waals surface area contributed by atoms with E-state index in [9.17, 15) is 4.79 Å². The average molecular weight is 125 g/mol. The van der Waals surface area contributed by atoms with Crippen LogP contribution in [0.5, 0.6) is 0 Å². The first-order valence-electron chi connectivity index (χ1n) is 2.73. The first-order chi connectivity index (χ1) is 4.16. The number of carbonyl (C=O) groups is 1. The molecule has 1 amide bonds. The van der Waals surface area contributed by atoms with Crippen LogP contribution in [0.3, 0.4) is 0 Å². The second-order valence-corrected chi connectivity index (χ2v) is 1.89. The second-order valence-electron chi connectivity index (χ2n) is 1.89. The molecule has 0 aromatic carbocycles. The monoisotopic (exact) mass is 125 g/mol. The topological polar surface area (TPSA) is 43.1 Å². The van der Waals surface area contributed by atoms with E-state index in [-0.39, 0.29) is 5.91 Å². The summed E-state index contributed by atoms with van der Waals surface area (Å²) in [6, 6.07) is 0. The van der Waals surface area contributed by atoms with Crippen molar-refractivity contribution in [2.24, 2.45) is 5.73 Å². The first-order valence-corrected chi connectivity index (χ1v) is 2.73. The summed E-state index contributed by atoms with van der Waals surface area (Å²) in [7, 11) is 0. The molecular weight excluding hydrogens is 114 g/mol. The third-order valence-electron chi connectivity index (χ3n) is 0.855. The molecule has 2 nitrogen and oxygen atoms in total. The highest BCUT2D eigenvalue weighted by atomic mass is 16.1. The summed E-state index contributed by atoms with van der Waals surface area (Å²) in [6.07, 6.45) is 3.73. The van der Waals surface area contributed by atoms with E-state index in [1.165, 1.54) is 0 Å². The summed E-state index contributed by atoms with van der Waals surface area (Å²) in [6.45, 7) is 5.32. The van der Waals surface area contributed by atoms with E-state index >= 15 is 0 Å². The molecule has 50 valence electrons. The van der Waals surface area contributed by atoms with Crippen molar-refractivity contribution >= 4 is 5.91 Å². The highest BCUT2D eigenvalue weighted by Gasteiger charge is 1.92. The average Bonchev–Trinajstić information content (AvgIpc) is 1.63. The highest BCUT2D eigenvalue weighted by molar-refractivity contribution is 5.76. The van der Waals surface area contributed by atoms with Crippen LogP contribution in [-0.2, 0) is 4.79 Å². The van der Waals surface area contributed by atoms with Gasteiger partial charge in [-0.3, -0.25) is 4.79 Å². The third kappa shape index (κ3) is 4.81. The molecule has 0 aliphatic heterocycles. The fourth-order valence-electron chi connectivity index (χ4n) is 0.535. The van der Waals surface area contributed by atoms with Gasteiger partial charge in [0, 0.05) is 6.42 Å². The maximum Gasteiger partial charge on any atom is 0.221 e. The van der Waals surface area contributed by atoms with Crippen molar-refractivity contribution in [1.82, 2.24) is 0 Å². The van der Waals surface area contributed by atoms with Crippen molar-refractivity contribution in [3.8, 4) is 0 Å². The molecular formula is C7H11NO. The molecule has 0 aromatic heterocycles. The van der Waals surface area contributed by atoms with Crippen LogP contribution in [-0.4, -0.2) is 5.91 Å². The number of allylic oxidation sites excluding steroid dienone is 2. The van der Waals surface area contributed by atoms with Crippen molar-refractivity contribution in [2.75, 3.05) is 0 Å².